The molecule has 1 aromatic carbocycles. The van der Waals surface area contributed by atoms with Gasteiger partial charge in [-0.25, -0.2) is 0 Å². The van der Waals surface area contributed by atoms with Crippen molar-refractivity contribution in [3.05, 3.63) is 27.7 Å². The smallest absolute Gasteiger partial charge is 0.279 e. The van der Waals surface area contributed by atoms with Gasteiger partial charge in [-0.05, 0) is 47.0 Å². The van der Waals surface area contributed by atoms with Crippen molar-refractivity contribution in [1.82, 2.24) is 5.32 Å². The lowest BCUT2D eigenvalue weighted by Crippen LogP contribution is -2.38. The van der Waals surface area contributed by atoms with Gasteiger partial charge in [0.25, 0.3) is 5.24 Å². The summed E-state index contributed by atoms with van der Waals surface area (Å²) in [6, 6.07) is 3.50. The summed E-state index contributed by atoms with van der Waals surface area (Å²) in [6.45, 7) is 3.94. The van der Waals surface area contributed by atoms with E-state index in [2.05, 4.69) is 26.6 Å². The molecule has 1 aliphatic heterocycles. The molecule has 0 aliphatic carbocycles. The summed E-state index contributed by atoms with van der Waals surface area (Å²) in [6.07, 6.45) is 0. The second kappa shape index (κ2) is 5.32. The largest absolute Gasteiger partial charge is 0.334 e. The first-order valence-corrected chi connectivity index (χ1v) is 7.26. The van der Waals surface area contributed by atoms with E-state index in [4.69, 9.17) is 0 Å². The summed E-state index contributed by atoms with van der Waals surface area (Å²) in [5.41, 5.74) is 2.88. The molecule has 18 heavy (non-hydrogen) atoms. The zero-order valence-corrected chi connectivity index (χ0v) is 12.4. The Morgan fingerprint density at radius 3 is 2.78 bits per heavy atom. The molecule has 1 unspecified atom stereocenters. The highest BCUT2D eigenvalue weighted by atomic mass is 79.9. The Morgan fingerprint density at radius 2 is 2.22 bits per heavy atom. The molecule has 0 spiro atoms. The van der Waals surface area contributed by atoms with Crippen molar-refractivity contribution in [1.29, 1.82) is 0 Å². The number of hydrogen-bond acceptors (Lipinski definition) is 3. The molecule has 1 atom stereocenters. The topological polar surface area (TPSA) is 58.2 Å². The standard InChI is InChI=1S/C12H13BrN2O2S/c1-6-3-7(2)10(8(13)4-6)15-11(16)9-5-18-12(17)14-9/h3-4,9H,5H2,1-2H3,(H,14,17)(H,15,16). The first kappa shape index (κ1) is 13.4. The molecule has 2 rings (SSSR count). The van der Waals surface area contributed by atoms with Gasteiger partial charge >= 0.3 is 0 Å². The van der Waals surface area contributed by atoms with Gasteiger partial charge in [0.2, 0.25) is 5.91 Å². The molecule has 96 valence electrons. The fraction of sp³-hybridized carbons (Fsp3) is 0.333. The molecule has 1 heterocycles. The zero-order chi connectivity index (χ0) is 13.3. The van der Waals surface area contributed by atoms with Crippen LogP contribution < -0.4 is 10.6 Å². The average Bonchev–Trinajstić information content (AvgIpc) is 2.70. The van der Waals surface area contributed by atoms with Gasteiger partial charge in [-0.15, -0.1) is 0 Å². The van der Waals surface area contributed by atoms with Crippen molar-refractivity contribution < 1.29 is 9.59 Å². The third kappa shape index (κ3) is 2.87. The maximum Gasteiger partial charge on any atom is 0.279 e. The molecule has 0 saturated carbocycles. The lowest BCUT2D eigenvalue weighted by Gasteiger charge is -2.14. The molecule has 6 heteroatoms. The van der Waals surface area contributed by atoms with Crippen LogP contribution in [0.1, 0.15) is 11.1 Å². The van der Waals surface area contributed by atoms with Crippen molar-refractivity contribution >= 4 is 44.5 Å². The van der Waals surface area contributed by atoms with Gasteiger partial charge < -0.3 is 10.6 Å². The highest BCUT2D eigenvalue weighted by molar-refractivity contribution is 9.10. The summed E-state index contributed by atoms with van der Waals surface area (Å²) < 4.78 is 0.852. The van der Waals surface area contributed by atoms with Crippen LogP contribution in [0.5, 0.6) is 0 Å². The van der Waals surface area contributed by atoms with Gasteiger partial charge in [0.15, 0.2) is 0 Å². The Bertz CT molecular complexity index is 496. The van der Waals surface area contributed by atoms with E-state index in [1.165, 1.54) is 0 Å². The Hall–Kier alpha value is -1.01. The molecule has 2 amide bonds. The van der Waals surface area contributed by atoms with Crippen LogP contribution in [0.25, 0.3) is 0 Å². The normalized spacial score (nSPS) is 18.6. The number of aryl methyl sites for hydroxylation is 2. The lowest BCUT2D eigenvalue weighted by molar-refractivity contribution is -0.117. The van der Waals surface area contributed by atoms with Crippen molar-refractivity contribution in [3.63, 3.8) is 0 Å². The van der Waals surface area contributed by atoms with Gasteiger partial charge in [-0.3, -0.25) is 9.59 Å². The Morgan fingerprint density at radius 1 is 1.50 bits per heavy atom. The van der Waals surface area contributed by atoms with Crippen molar-refractivity contribution in [2.75, 3.05) is 11.1 Å². The monoisotopic (exact) mass is 328 g/mol. The molecule has 0 radical (unpaired) electrons. The molecular weight excluding hydrogens is 316 g/mol. The van der Waals surface area contributed by atoms with Gasteiger partial charge in [0.1, 0.15) is 6.04 Å². The van der Waals surface area contributed by atoms with Crippen LogP contribution in [0.15, 0.2) is 16.6 Å². The molecule has 0 aromatic heterocycles. The maximum atomic E-state index is 12.0. The van der Waals surface area contributed by atoms with Gasteiger partial charge in [-0.1, -0.05) is 17.8 Å². The summed E-state index contributed by atoms with van der Waals surface area (Å²) >= 11 is 4.57. The highest BCUT2D eigenvalue weighted by Gasteiger charge is 2.28. The lowest BCUT2D eigenvalue weighted by atomic mass is 10.1. The van der Waals surface area contributed by atoms with E-state index in [0.717, 1.165) is 33.0 Å². The second-order valence-corrected chi connectivity index (χ2v) is 6.07. The fourth-order valence-corrected chi connectivity index (χ4v) is 3.36. The van der Waals surface area contributed by atoms with Crippen LogP contribution in [0.4, 0.5) is 10.5 Å². The van der Waals surface area contributed by atoms with Gasteiger partial charge in [-0.2, -0.15) is 0 Å². The van der Waals surface area contributed by atoms with Gasteiger partial charge in [0.05, 0.1) is 5.69 Å². The molecule has 1 aromatic rings. The first-order chi connectivity index (χ1) is 8.47. The van der Waals surface area contributed by atoms with E-state index in [0.29, 0.717) is 5.75 Å². The Balaban J connectivity index is 2.14. The van der Waals surface area contributed by atoms with E-state index in [1.807, 2.05) is 26.0 Å². The van der Waals surface area contributed by atoms with Crippen LogP contribution in [0, 0.1) is 13.8 Å². The minimum Gasteiger partial charge on any atom is -0.334 e. The molecule has 4 nitrogen and oxygen atoms in total. The molecule has 1 aliphatic rings. The number of anilines is 1. The molecule has 2 N–H and O–H groups in total. The average molecular weight is 329 g/mol. The minimum atomic E-state index is -0.449. The maximum absolute atomic E-state index is 12.0. The number of thioether (sulfide) groups is 1. The Kier molecular flexibility index (Phi) is 3.97. The van der Waals surface area contributed by atoms with Crippen LogP contribution in [0.3, 0.4) is 0 Å². The van der Waals surface area contributed by atoms with E-state index >= 15 is 0 Å². The van der Waals surface area contributed by atoms with E-state index in [-0.39, 0.29) is 11.1 Å². The highest BCUT2D eigenvalue weighted by Crippen LogP contribution is 2.28. The summed E-state index contributed by atoms with van der Waals surface area (Å²) in [5, 5.41) is 5.33. The van der Waals surface area contributed by atoms with Crippen LogP contribution in [0.2, 0.25) is 0 Å². The quantitative estimate of drug-likeness (QED) is 0.877. The zero-order valence-electron chi connectivity index (χ0n) is 10.0. The predicted molar refractivity (Wildman–Crippen MR) is 77.0 cm³/mol. The third-order valence-corrected chi connectivity index (χ3v) is 4.18. The number of amides is 2. The number of hydrogen-bond donors (Lipinski definition) is 2. The molecular formula is C12H13BrN2O2S. The summed E-state index contributed by atoms with van der Waals surface area (Å²) in [7, 11) is 0. The number of rotatable bonds is 2. The van der Waals surface area contributed by atoms with Crippen molar-refractivity contribution in [3.8, 4) is 0 Å². The summed E-state index contributed by atoms with van der Waals surface area (Å²) in [5.74, 6) is 0.300. The number of carbonyl (C=O) groups excluding carboxylic acids is 2. The van der Waals surface area contributed by atoms with Crippen molar-refractivity contribution in [2.45, 2.75) is 19.9 Å². The SMILES string of the molecule is Cc1cc(C)c(NC(=O)C2CSC(=O)N2)c(Br)c1. The first-order valence-electron chi connectivity index (χ1n) is 5.48. The third-order valence-electron chi connectivity index (χ3n) is 2.67. The number of carbonyl (C=O) groups is 2. The van der Waals surface area contributed by atoms with E-state index in [1.54, 1.807) is 0 Å². The van der Waals surface area contributed by atoms with Crippen LogP contribution in [-0.4, -0.2) is 22.9 Å². The second-order valence-electron chi connectivity index (χ2n) is 4.22. The predicted octanol–water partition coefficient (Wildman–Crippen LogP) is 2.83. The number of halogens is 1. The van der Waals surface area contributed by atoms with Crippen LogP contribution >= 0.6 is 27.7 Å². The molecule has 1 fully saturated rings. The van der Waals surface area contributed by atoms with Crippen molar-refractivity contribution in [2.24, 2.45) is 0 Å². The number of benzene rings is 1. The molecule has 0 bridgehead atoms. The van der Waals surface area contributed by atoms with E-state index < -0.39 is 6.04 Å². The summed E-state index contributed by atoms with van der Waals surface area (Å²) in [4.78, 5) is 23.0. The Labute approximate surface area is 118 Å². The minimum absolute atomic E-state index is 0.144. The molecule has 1 saturated heterocycles. The van der Waals surface area contributed by atoms with Crippen LogP contribution in [-0.2, 0) is 4.79 Å². The fourth-order valence-electron chi connectivity index (χ4n) is 1.81. The van der Waals surface area contributed by atoms with E-state index in [9.17, 15) is 9.59 Å². The van der Waals surface area contributed by atoms with Gasteiger partial charge in [0, 0.05) is 10.2 Å². The number of nitrogens with one attached hydrogen (secondary N) is 2.